The summed E-state index contributed by atoms with van der Waals surface area (Å²) in [6.07, 6.45) is 3.07. The summed E-state index contributed by atoms with van der Waals surface area (Å²) in [7, 11) is 3.91. The molecule has 37 heavy (non-hydrogen) atoms. The summed E-state index contributed by atoms with van der Waals surface area (Å²) >= 11 is 4.97. The van der Waals surface area contributed by atoms with Crippen molar-refractivity contribution in [1.29, 1.82) is 0 Å². The van der Waals surface area contributed by atoms with Gasteiger partial charge in [-0.15, -0.1) is 0 Å². The van der Waals surface area contributed by atoms with E-state index >= 15 is 0 Å². The molecular weight excluding hydrogens is 499 g/mol. The summed E-state index contributed by atoms with van der Waals surface area (Å²) in [6, 6.07) is 6.05. The average Bonchev–Trinajstić information content (AvgIpc) is 2.83. The molecule has 13 heteroatoms. The fourth-order valence-electron chi connectivity index (χ4n) is 4.46. The van der Waals surface area contributed by atoms with Gasteiger partial charge in [-0.2, -0.15) is 0 Å². The van der Waals surface area contributed by atoms with Crippen LogP contribution in [0.3, 0.4) is 0 Å². The molecule has 3 amide bonds. The molecule has 198 valence electrons. The molecule has 3 heterocycles. The van der Waals surface area contributed by atoms with Crippen LogP contribution in [0.25, 0.3) is 0 Å². The zero-order chi connectivity index (χ0) is 26.5. The van der Waals surface area contributed by atoms with E-state index in [0.717, 1.165) is 39.0 Å². The van der Waals surface area contributed by atoms with Crippen LogP contribution in [0.2, 0.25) is 0 Å². The third-order valence-corrected chi connectivity index (χ3v) is 6.70. The van der Waals surface area contributed by atoms with Crippen molar-refractivity contribution in [1.82, 2.24) is 30.0 Å². The number of hydrogen-bond donors (Lipinski definition) is 3. The lowest BCUT2D eigenvalue weighted by molar-refractivity contribution is -0.117. The van der Waals surface area contributed by atoms with Crippen molar-refractivity contribution in [3.63, 3.8) is 0 Å². The number of hydrogen-bond acceptors (Lipinski definition) is 8. The second-order valence-electron chi connectivity index (χ2n) is 9.31. The van der Waals surface area contributed by atoms with E-state index in [1.807, 2.05) is 0 Å². The second kappa shape index (κ2) is 11.8. The van der Waals surface area contributed by atoms with Crippen LogP contribution in [0, 0.1) is 5.82 Å². The smallest absolute Gasteiger partial charge is 0.323 e. The van der Waals surface area contributed by atoms with Gasteiger partial charge in [-0.05, 0) is 44.2 Å². The Morgan fingerprint density at radius 1 is 1.16 bits per heavy atom. The molecule has 2 aliphatic heterocycles. The normalized spacial score (nSPS) is 17.0. The lowest BCUT2D eigenvalue weighted by Gasteiger charge is -2.47. The lowest BCUT2D eigenvalue weighted by atomic mass is 9.99. The number of thiocarbonyl (C=S) groups is 1. The number of piperidine rings is 1. The van der Waals surface area contributed by atoms with E-state index in [9.17, 15) is 14.0 Å². The van der Waals surface area contributed by atoms with E-state index in [2.05, 4.69) is 42.8 Å². The zero-order valence-electron chi connectivity index (χ0n) is 21.0. The molecule has 11 nitrogen and oxygen atoms in total. The standard InChI is InChI=1S/C24H31FN8O3S/c1-15(34)28-23(37)29-16-4-5-20(19(25)10-16)36-22-11-21(26-14-27-22)30-24(35)32(3)17-6-8-33(9-7-17)18-12-31(2)13-18/h4-5,10-11,14,17-18H,6-9,12-13H2,1-3H3,(H,26,27,30,35)(H2,28,29,34,37). The van der Waals surface area contributed by atoms with Gasteiger partial charge in [-0.25, -0.2) is 19.2 Å². The molecule has 2 saturated heterocycles. The van der Waals surface area contributed by atoms with E-state index in [0.29, 0.717) is 11.7 Å². The van der Waals surface area contributed by atoms with Crippen LogP contribution in [0.5, 0.6) is 11.6 Å². The van der Waals surface area contributed by atoms with E-state index in [1.54, 1.807) is 18.0 Å². The molecule has 0 bridgehead atoms. The number of likely N-dealkylation sites (N-methyl/N-ethyl adjacent to an activating group) is 1. The number of carbonyl (C=O) groups is 2. The molecule has 2 fully saturated rings. The number of halogens is 1. The van der Waals surface area contributed by atoms with Crippen LogP contribution in [0.1, 0.15) is 19.8 Å². The van der Waals surface area contributed by atoms with Crippen LogP contribution < -0.4 is 20.7 Å². The maximum absolute atomic E-state index is 14.6. The number of carbonyl (C=O) groups excluding carboxylic acids is 2. The Bertz CT molecular complexity index is 1150. The minimum Gasteiger partial charge on any atom is -0.436 e. The van der Waals surface area contributed by atoms with Gasteiger partial charge >= 0.3 is 6.03 Å². The predicted octanol–water partition coefficient (Wildman–Crippen LogP) is 2.48. The van der Waals surface area contributed by atoms with Gasteiger partial charge in [0, 0.05) is 70.1 Å². The lowest BCUT2D eigenvalue weighted by Crippen LogP contribution is -2.60. The van der Waals surface area contributed by atoms with Crippen molar-refractivity contribution in [2.75, 3.05) is 50.9 Å². The van der Waals surface area contributed by atoms with Gasteiger partial charge < -0.3 is 25.2 Å². The summed E-state index contributed by atoms with van der Waals surface area (Å²) in [5, 5.41) is 7.93. The first kappa shape index (κ1) is 26.6. The number of aromatic nitrogens is 2. The molecule has 1 aromatic heterocycles. The largest absolute Gasteiger partial charge is 0.436 e. The number of amides is 3. The van der Waals surface area contributed by atoms with Crippen LogP contribution in [-0.4, -0.2) is 94.1 Å². The van der Waals surface area contributed by atoms with Crippen molar-refractivity contribution >= 4 is 40.8 Å². The third-order valence-electron chi connectivity index (χ3n) is 6.50. The highest BCUT2D eigenvalue weighted by Gasteiger charge is 2.33. The van der Waals surface area contributed by atoms with Crippen molar-refractivity contribution in [3.05, 3.63) is 36.4 Å². The Balaban J connectivity index is 1.30. The van der Waals surface area contributed by atoms with Gasteiger partial charge in [0.25, 0.3) is 0 Å². The molecule has 0 unspecified atom stereocenters. The average molecular weight is 531 g/mol. The molecule has 4 rings (SSSR count). The summed E-state index contributed by atoms with van der Waals surface area (Å²) in [5.41, 5.74) is 0.341. The van der Waals surface area contributed by atoms with E-state index in [-0.39, 0.29) is 40.5 Å². The van der Waals surface area contributed by atoms with Crippen molar-refractivity contribution < 1.29 is 18.7 Å². The number of likely N-dealkylation sites (tertiary alicyclic amines) is 2. The number of ether oxygens (including phenoxy) is 1. The molecule has 0 aliphatic carbocycles. The van der Waals surface area contributed by atoms with Gasteiger partial charge in [-0.3, -0.25) is 15.0 Å². The molecule has 0 saturated carbocycles. The van der Waals surface area contributed by atoms with Crippen LogP contribution in [-0.2, 0) is 4.79 Å². The minimum absolute atomic E-state index is 0.0541. The highest BCUT2D eigenvalue weighted by Crippen LogP contribution is 2.27. The third kappa shape index (κ3) is 7.08. The molecule has 3 N–H and O–H groups in total. The quantitative estimate of drug-likeness (QED) is 0.485. The maximum Gasteiger partial charge on any atom is 0.323 e. The number of urea groups is 1. The van der Waals surface area contributed by atoms with E-state index in [4.69, 9.17) is 17.0 Å². The van der Waals surface area contributed by atoms with Crippen LogP contribution in [0.4, 0.5) is 20.7 Å². The Hall–Kier alpha value is -3.42. The van der Waals surface area contributed by atoms with Crippen LogP contribution >= 0.6 is 12.2 Å². The van der Waals surface area contributed by atoms with Gasteiger partial charge in [0.2, 0.25) is 11.8 Å². The fourth-order valence-corrected chi connectivity index (χ4v) is 4.72. The van der Waals surface area contributed by atoms with Crippen LogP contribution in [0.15, 0.2) is 30.6 Å². The molecule has 2 aliphatic rings. The first-order valence-corrected chi connectivity index (χ1v) is 12.4. The van der Waals surface area contributed by atoms with Crippen molar-refractivity contribution in [3.8, 4) is 11.6 Å². The molecular formula is C24H31FN8O3S. The molecule has 2 aromatic rings. The maximum atomic E-state index is 14.6. The van der Waals surface area contributed by atoms with Gasteiger partial charge in [-0.1, -0.05) is 0 Å². The van der Waals surface area contributed by atoms with Crippen molar-refractivity contribution in [2.45, 2.75) is 31.8 Å². The first-order chi connectivity index (χ1) is 17.7. The number of nitrogens with zero attached hydrogens (tertiary/aromatic N) is 5. The number of anilines is 2. The Morgan fingerprint density at radius 2 is 1.89 bits per heavy atom. The monoisotopic (exact) mass is 530 g/mol. The van der Waals surface area contributed by atoms with Crippen molar-refractivity contribution in [2.24, 2.45) is 0 Å². The molecule has 0 spiro atoms. The summed E-state index contributed by atoms with van der Waals surface area (Å²) in [5.74, 6) is -0.762. The number of benzene rings is 1. The SMILES string of the molecule is CC(=O)NC(=S)Nc1ccc(Oc2cc(NC(=O)N(C)C3CCN(C4CN(C)C4)CC3)ncn2)c(F)c1. The summed E-state index contributed by atoms with van der Waals surface area (Å²) in [6.45, 7) is 5.49. The minimum atomic E-state index is -0.667. The van der Waals surface area contributed by atoms with Gasteiger partial charge in [0.05, 0.1) is 0 Å². The molecule has 0 radical (unpaired) electrons. The fraction of sp³-hybridized carbons (Fsp3) is 0.458. The Labute approximate surface area is 220 Å². The summed E-state index contributed by atoms with van der Waals surface area (Å²) < 4.78 is 20.1. The van der Waals surface area contributed by atoms with Gasteiger partial charge in [0.1, 0.15) is 12.1 Å². The molecule has 1 aromatic carbocycles. The first-order valence-electron chi connectivity index (χ1n) is 12.0. The van der Waals surface area contributed by atoms with E-state index < -0.39 is 5.82 Å². The Kier molecular flexibility index (Phi) is 8.46. The Morgan fingerprint density at radius 3 is 2.54 bits per heavy atom. The topological polar surface area (TPSA) is 115 Å². The molecule has 0 atom stereocenters. The number of nitrogens with one attached hydrogen (secondary N) is 3. The number of rotatable bonds is 6. The highest BCUT2D eigenvalue weighted by atomic mass is 32.1. The zero-order valence-corrected chi connectivity index (χ0v) is 21.8. The predicted molar refractivity (Wildman–Crippen MR) is 141 cm³/mol. The second-order valence-corrected chi connectivity index (χ2v) is 9.72. The van der Waals surface area contributed by atoms with E-state index in [1.165, 1.54) is 31.5 Å². The summed E-state index contributed by atoms with van der Waals surface area (Å²) in [4.78, 5) is 38.5. The van der Waals surface area contributed by atoms with Gasteiger partial charge in [0.15, 0.2) is 16.7 Å². The highest BCUT2D eigenvalue weighted by molar-refractivity contribution is 7.80.